The van der Waals surface area contributed by atoms with Crippen molar-refractivity contribution in [3.63, 3.8) is 0 Å². The van der Waals surface area contributed by atoms with E-state index >= 15 is 0 Å². The van der Waals surface area contributed by atoms with Gasteiger partial charge >= 0.3 is 0 Å². The molecule has 0 radical (unpaired) electrons. The molecule has 3 fully saturated rings. The number of amides is 2. The van der Waals surface area contributed by atoms with Crippen LogP contribution in [0.25, 0.3) is 0 Å². The Bertz CT molecular complexity index is 545. The minimum Gasteiger partial charge on any atom is -0.372 e. The molecule has 0 N–H and O–H groups in total. The third kappa shape index (κ3) is 2.18. The predicted octanol–water partition coefficient (Wildman–Crippen LogP) is 1.95. The zero-order valence-electron chi connectivity index (χ0n) is 11.9. The molecule has 3 aliphatic rings. The van der Waals surface area contributed by atoms with Crippen molar-refractivity contribution < 1.29 is 14.3 Å². The Morgan fingerprint density at radius 1 is 1.10 bits per heavy atom. The van der Waals surface area contributed by atoms with Gasteiger partial charge < -0.3 is 4.74 Å². The van der Waals surface area contributed by atoms with Crippen molar-refractivity contribution in [2.75, 3.05) is 13.2 Å². The number of epoxide rings is 1. The van der Waals surface area contributed by atoms with Crippen molar-refractivity contribution in [3.8, 4) is 0 Å². The number of ether oxygens (including phenoxy) is 1. The molecule has 0 bridgehead atoms. The molecular weight excluding hydrogens is 266 g/mol. The summed E-state index contributed by atoms with van der Waals surface area (Å²) in [5, 5.41) is 0. The maximum Gasteiger partial charge on any atom is 0.233 e. The second-order valence-corrected chi connectivity index (χ2v) is 6.32. The third-order valence-electron chi connectivity index (χ3n) is 5.10. The number of hydrogen-bond acceptors (Lipinski definition) is 3. The Labute approximate surface area is 124 Å². The van der Waals surface area contributed by atoms with Crippen LogP contribution in [-0.4, -0.2) is 36.0 Å². The molecule has 110 valence electrons. The number of fused-ring (bicyclic) bond motifs is 1. The molecule has 1 aliphatic carbocycles. The molecule has 4 atom stereocenters. The highest BCUT2D eigenvalue weighted by atomic mass is 16.6. The van der Waals surface area contributed by atoms with E-state index in [2.05, 4.69) is 12.1 Å². The van der Waals surface area contributed by atoms with E-state index in [1.54, 1.807) is 0 Å². The second kappa shape index (κ2) is 4.95. The van der Waals surface area contributed by atoms with E-state index < -0.39 is 0 Å². The summed E-state index contributed by atoms with van der Waals surface area (Å²) in [6, 6.07) is 10.1. The van der Waals surface area contributed by atoms with Crippen LogP contribution >= 0.6 is 0 Å². The molecule has 0 spiro atoms. The minimum atomic E-state index is -0.0472. The van der Waals surface area contributed by atoms with Gasteiger partial charge in [-0.15, -0.1) is 0 Å². The molecule has 0 aromatic heterocycles. The SMILES string of the molecule is O=C1C2CCCC2C(=O)N1CC(c1ccccc1)C1CO1. The molecule has 4 rings (SSSR count). The van der Waals surface area contributed by atoms with Crippen LogP contribution < -0.4 is 0 Å². The van der Waals surface area contributed by atoms with Crippen LogP contribution in [0.4, 0.5) is 0 Å². The molecule has 2 saturated heterocycles. The van der Waals surface area contributed by atoms with Gasteiger partial charge in [0.05, 0.1) is 24.5 Å². The van der Waals surface area contributed by atoms with Gasteiger partial charge in [0.15, 0.2) is 0 Å². The number of hydrogen-bond donors (Lipinski definition) is 0. The van der Waals surface area contributed by atoms with Gasteiger partial charge in [-0.1, -0.05) is 36.8 Å². The van der Waals surface area contributed by atoms with E-state index in [9.17, 15) is 9.59 Å². The van der Waals surface area contributed by atoms with Crippen LogP contribution in [0.15, 0.2) is 30.3 Å². The van der Waals surface area contributed by atoms with E-state index in [1.165, 1.54) is 4.90 Å². The lowest BCUT2D eigenvalue weighted by Gasteiger charge is -2.22. The lowest BCUT2D eigenvalue weighted by atomic mass is 9.95. The highest BCUT2D eigenvalue weighted by molar-refractivity contribution is 6.05. The molecule has 2 heterocycles. The van der Waals surface area contributed by atoms with Crippen LogP contribution in [-0.2, 0) is 14.3 Å². The summed E-state index contributed by atoms with van der Waals surface area (Å²) in [6.07, 6.45) is 2.91. The van der Waals surface area contributed by atoms with Crippen LogP contribution in [0.3, 0.4) is 0 Å². The van der Waals surface area contributed by atoms with Crippen molar-refractivity contribution in [1.29, 1.82) is 0 Å². The third-order valence-corrected chi connectivity index (χ3v) is 5.10. The number of benzene rings is 1. The standard InChI is InChI=1S/C17H19NO3/c19-16-12-7-4-8-13(12)17(20)18(16)9-14(15-10-21-15)11-5-2-1-3-6-11/h1-3,5-6,12-15H,4,7-10H2. The van der Waals surface area contributed by atoms with Crippen molar-refractivity contribution >= 4 is 11.8 Å². The Morgan fingerprint density at radius 2 is 1.71 bits per heavy atom. The average Bonchev–Trinajstić information content (AvgIpc) is 3.18. The first-order chi connectivity index (χ1) is 10.3. The summed E-state index contributed by atoms with van der Waals surface area (Å²) in [6.45, 7) is 1.20. The molecule has 1 saturated carbocycles. The number of nitrogens with zero attached hydrogens (tertiary/aromatic N) is 1. The highest BCUT2D eigenvalue weighted by Crippen LogP contribution is 2.41. The number of rotatable bonds is 4. The summed E-state index contributed by atoms with van der Waals surface area (Å²) < 4.78 is 5.45. The summed E-state index contributed by atoms with van der Waals surface area (Å²) in [7, 11) is 0. The van der Waals surface area contributed by atoms with Gasteiger partial charge in [0.2, 0.25) is 11.8 Å². The number of carbonyl (C=O) groups is 2. The van der Waals surface area contributed by atoms with E-state index in [0.717, 1.165) is 31.4 Å². The smallest absolute Gasteiger partial charge is 0.233 e. The van der Waals surface area contributed by atoms with E-state index in [-0.39, 0.29) is 35.7 Å². The first-order valence-electron chi connectivity index (χ1n) is 7.77. The molecule has 4 heteroatoms. The quantitative estimate of drug-likeness (QED) is 0.627. The van der Waals surface area contributed by atoms with E-state index in [0.29, 0.717) is 6.54 Å². The van der Waals surface area contributed by atoms with Crippen LogP contribution in [0, 0.1) is 11.8 Å². The minimum absolute atomic E-state index is 0.0454. The Hall–Kier alpha value is -1.68. The fourth-order valence-electron chi connectivity index (χ4n) is 3.86. The zero-order valence-corrected chi connectivity index (χ0v) is 11.9. The highest BCUT2D eigenvalue weighted by Gasteiger charge is 2.51. The molecule has 4 nitrogen and oxygen atoms in total. The van der Waals surface area contributed by atoms with Gasteiger partial charge in [0.25, 0.3) is 0 Å². The van der Waals surface area contributed by atoms with Crippen LogP contribution in [0.1, 0.15) is 30.7 Å². The zero-order chi connectivity index (χ0) is 14.4. The summed E-state index contributed by atoms with van der Waals surface area (Å²) in [4.78, 5) is 26.5. The summed E-state index contributed by atoms with van der Waals surface area (Å²) in [5.74, 6) is 0.106. The lowest BCUT2D eigenvalue weighted by Crippen LogP contribution is -2.36. The number of likely N-dealkylation sites (tertiary alicyclic amines) is 1. The molecular formula is C17H19NO3. The van der Waals surface area contributed by atoms with Crippen LogP contribution in [0.5, 0.6) is 0 Å². The fraction of sp³-hybridized carbons (Fsp3) is 0.529. The van der Waals surface area contributed by atoms with Gasteiger partial charge in [-0.05, 0) is 18.4 Å². The van der Waals surface area contributed by atoms with Crippen molar-refractivity contribution in [2.24, 2.45) is 11.8 Å². The molecule has 2 amide bonds. The van der Waals surface area contributed by atoms with Gasteiger partial charge in [-0.25, -0.2) is 0 Å². The number of imide groups is 1. The molecule has 2 aliphatic heterocycles. The maximum atomic E-state index is 12.5. The lowest BCUT2D eigenvalue weighted by molar-refractivity contribution is -0.140. The van der Waals surface area contributed by atoms with Gasteiger partial charge in [-0.2, -0.15) is 0 Å². The fourth-order valence-corrected chi connectivity index (χ4v) is 3.86. The van der Waals surface area contributed by atoms with Gasteiger partial charge in [0, 0.05) is 12.5 Å². The van der Waals surface area contributed by atoms with Crippen molar-refractivity contribution in [2.45, 2.75) is 31.3 Å². The first-order valence-corrected chi connectivity index (χ1v) is 7.77. The Balaban J connectivity index is 1.56. The van der Waals surface area contributed by atoms with Gasteiger partial charge in [-0.3, -0.25) is 14.5 Å². The van der Waals surface area contributed by atoms with E-state index in [1.807, 2.05) is 18.2 Å². The summed E-state index contributed by atoms with van der Waals surface area (Å²) in [5.41, 5.74) is 1.15. The molecule has 1 aromatic carbocycles. The largest absolute Gasteiger partial charge is 0.372 e. The predicted molar refractivity (Wildman–Crippen MR) is 76.5 cm³/mol. The molecule has 1 aromatic rings. The molecule has 4 unspecified atom stereocenters. The molecule has 21 heavy (non-hydrogen) atoms. The summed E-state index contributed by atoms with van der Waals surface area (Å²) >= 11 is 0. The maximum absolute atomic E-state index is 12.5. The van der Waals surface area contributed by atoms with Crippen molar-refractivity contribution in [3.05, 3.63) is 35.9 Å². The van der Waals surface area contributed by atoms with Gasteiger partial charge in [0.1, 0.15) is 0 Å². The van der Waals surface area contributed by atoms with Crippen molar-refractivity contribution in [1.82, 2.24) is 4.90 Å². The normalized spacial score (nSPS) is 32.4. The van der Waals surface area contributed by atoms with E-state index in [4.69, 9.17) is 4.74 Å². The average molecular weight is 285 g/mol. The van der Waals surface area contributed by atoms with Crippen LogP contribution in [0.2, 0.25) is 0 Å². The number of carbonyl (C=O) groups excluding carboxylic acids is 2. The first kappa shape index (κ1) is 13.0. The topological polar surface area (TPSA) is 49.9 Å². The monoisotopic (exact) mass is 285 g/mol. The second-order valence-electron chi connectivity index (χ2n) is 6.32. The Kier molecular flexibility index (Phi) is 3.07. The Morgan fingerprint density at radius 3 is 2.29 bits per heavy atom.